The van der Waals surface area contributed by atoms with Gasteiger partial charge in [0.05, 0.1) is 25.7 Å². The number of nitrogens with one attached hydrogen (secondary N) is 1. The zero-order valence-corrected chi connectivity index (χ0v) is 22.1. The van der Waals surface area contributed by atoms with Gasteiger partial charge in [0.15, 0.2) is 22.5 Å². The summed E-state index contributed by atoms with van der Waals surface area (Å²) >= 11 is 4.76. The number of methoxy groups -OCH3 is 1. The number of nitrogens with zero attached hydrogens (tertiary/aromatic N) is 4. The Balaban J connectivity index is 1.45. The molecule has 0 saturated carbocycles. The van der Waals surface area contributed by atoms with Crippen LogP contribution in [0.25, 0.3) is 17.1 Å². The fourth-order valence-corrected chi connectivity index (χ4v) is 4.35. The topological polar surface area (TPSA) is 90.6 Å². The van der Waals surface area contributed by atoms with Gasteiger partial charge in [-0.3, -0.25) is 9.36 Å². The van der Waals surface area contributed by atoms with Crippen molar-refractivity contribution >= 4 is 39.8 Å². The Bertz CT molecular complexity index is 1340. The number of hydrazone groups is 1. The second-order valence-electron chi connectivity index (χ2n) is 7.41. The third-order valence-corrected chi connectivity index (χ3v) is 6.43. The van der Waals surface area contributed by atoms with E-state index in [0.29, 0.717) is 29.1 Å². The molecule has 1 heterocycles. The van der Waals surface area contributed by atoms with Gasteiger partial charge in [-0.15, -0.1) is 10.2 Å². The summed E-state index contributed by atoms with van der Waals surface area (Å²) in [6.45, 7) is 2.45. The van der Waals surface area contributed by atoms with Crippen LogP contribution in [-0.2, 0) is 4.79 Å². The molecule has 0 unspecified atom stereocenters. The molecule has 10 heteroatoms. The van der Waals surface area contributed by atoms with Crippen LogP contribution < -0.4 is 14.9 Å². The van der Waals surface area contributed by atoms with Crippen LogP contribution in [0.3, 0.4) is 0 Å². The van der Waals surface area contributed by atoms with Gasteiger partial charge in [0, 0.05) is 15.7 Å². The molecule has 0 radical (unpaired) electrons. The number of aromatic nitrogens is 3. The lowest BCUT2D eigenvalue weighted by atomic mass is 10.2. The van der Waals surface area contributed by atoms with Gasteiger partial charge < -0.3 is 9.47 Å². The fourth-order valence-electron chi connectivity index (χ4n) is 3.34. The quantitative estimate of drug-likeness (QED) is 0.158. The number of carbonyl (C=O) groups excluding carboxylic acids is 1. The first-order valence-corrected chi connectivity index (χ1v) is 12.9. The summed E-state index contributed by atoms with van der Waals surface area (Å²) in [5.41, 5.74) is 5.15. The molecular weight excluding hydrogens is 542 g/mol. The molecule has 1 N–H and O–H groups in total. The maximum atomic E-state index is 12.5. The predicted octanol–water partition coefficient (Wildman–Crippen LogP) is 5.35. The highest BCUT2D eigenvalue weighted by atomic mass is 79.9. The van der Waals surface area contributed by atoms with Crippen LogP contribution in [0.2, 0.25) is 0 Å². The smallest absolute Gasteiger partial charge is 0.250 e. The zero-order valence-electron chi connectivity index (χ0n) is 19.7. The summed E-state index contributed by atoms with van der Waals surface area (Å²) in [4.78, 5) is 12.5. The number of thioether (sulfide) groups is 1. The molecule has 1 aromatic heterocycles. The van der Waals surface area contributed by atoms with E-state index < -0.39 is 0 Å². The predicted molar refractivity (Wildman–Crippen MR) is 145 cm³/mol. The number of ether oxygens (including phenoxy) is 2. The summed E-state index contributed by atoms with van der Waals surface area (Å²) in [5.74, 6) is 1.81. The molecule has 3 aromatic carbocycles. The van der Waals surface area contributed by atoms with Gasteiger partial charge in [0.1, 0.15) is 0 Å². The van der Waals surface area contributed by atoms with Crippen molar-refractivity contribution in [3.8, 4) is 28.6 Å². The summed E-state index contributed by atoms with van der Waals surface area (Å²) in [6, 6.07) is 23.1. The largest absolute Gasteiger partial charge is 0.493 e. The van der Waals surface area contributed by atoms with E-state index in [1.165, 1.54) is 11.8 Å². The van der Waals surface area contributed by atoms with Crippen molar-refractivity contribution in [2.45, 2.75) is 12.1 Å². The number of hydrogen-bond acceptors (Lipinski definition) is 7. The summed E-state index contributed by atoms with van der Waals surface area (Å²) < 4.78 is 13.8. The Kier molecular flexibility index (Phi) is 8.75. The molecule has 0 spiro atoms. The van der Waals surface area contributed by atoms with Crippen LogP contribution in [-0.4, -0.2) is 46.4 Å². The second-order valence-corrected chi connectivity index (χ2v) is 9.27. The lowest BCUT2D eigenvalue weighted by Crippen LogP contribution is -2.20. The molecule has 0 saturated heterocycles. The molecule has 4 aromatic rings. The highest BCUT2D eigenvalue weighted by molar-refractivity contribution is 9.10. The average molecular weight is 566 g/mol. The minimum absolute atomic E-state index is 0.118. The Morgan fingerprint density at radius 1 is 1.08 bits per heavy atom. The molecule has 0 aliphatic carbocycles. The molecule has 4 rings (SSSR count). The molecule has 184 valence electrons. The standard InChI is InChI=1S/C26H24BrN5O3S/c1-3-35-22-14-9-18(15-23(22)34-2)16-28-29-24(33)17-36-26-31-30-25(19-7-5-4-6-8-19)32(26)21-12-10-20(27)11-13-21/h4-16H,3,17H2,1-2H3,(H,29,33)/b28-16-. The monoisotopic (exact) mass is 565 g/mol. The van der Waals surface area contributed by atoms with Crippen LogP contribution >= 0.6 is 27.7 Å². The Labute approximate surface area is 221 Å². The third kappa shape index (κ3) is 6.32. The molecular formula is C26H24BrN5O3S. The van der Waals surface area contributed by atoms with Crippen molar-refractivity contribution in [3.63, 3.8) is 0 Å². The van der Waals surface area contributed by atoms with Crippen LogP contribution in [0.5, 0.6) is 11.5 Å². The van der Waals surface area contributed by atoms with Gasteiger partial charge in [-0.1, -0.05) is 58.0 Å². The molecule has 1 amide bonds. The molecule has 0 aliphatic rings. The van der Waals surface area contributed by atoms with Crippen LogP contribution in [0.15, 0.2) is 87.5 Å². The van der Waals surface area contributed by atoms with Gasteiger partial charge in [0.2, 0.25) is 0 Å². The number of carbonyl (C=O) groups is 1. The van der Waals surface area contributed by atoms with Crippen molar-refractivity contribution < 1.29 is 14.3 Å². The van der Waals surface area contributed by atoms with E-state index in [4.69, 9.17) is 9.47 Å². The van der Waals surface area contributed by atoms with Gasteiger partial charge in [-0.2, -0.15) is 5.10 Å². The zero-order chi connectivity index (χ0) is 25.3. The minimum atomic E-state index is -0.263. The van der Waals surface area contributed by atoms with Crippen molar-refractivity contribution in [1.82, 2.24) is 20.2 Å². The number of halogens is 1. The normalized spacial score (nSPS) is 11.0. The average Bonchev–Trinajstić information content (AvgIpc) is 3.33. The maximum absolute atomic E-state index is 12.5. The summed E-state index contributed by atoms with van der Waals surface area (Å²) in [5, 5.41) is 13.4. The van der Waals surface area contributed by atoms with Crippen molar-refractivity contribution in [2.75, 3.05) is 19.5 Å². The van der Waals surface area contributed by atoms with E-state index in [9.17, 15) is 4.79 Å². The third-order valence-electron chi connectivity index (χ3n) is 4.97. The van der Waals surface area contributed by atoms with Crippen molar-refractivity contribution in [2.24, 2.45) is 5.10 Å². The first-order valence-electron chi connectivity index (χ1n) is 11.1. The lowest BCUT2D eigenvalue weighted by molar-refractivity contribution is -0.118. The highest BCUT2D eigenvalue weighted by Gasteiger charge is 2.17. The Morgan fingerprint density at radius 3 is 2.58 bits per heavy atom. The molecule has 0 aliphatic heterocycles. The second kappa shape index (κ2) is 12.4. The fraction of sp³-hybridized carbons (Fsp3) is 0.154. The lowest BCUT2D eigenvalue weighted by Gasteiger charge is -2.10. The molecule has 0 fully saturated rings. The van der Waals surface area contributed by atoms with Gasteiger partial charge >= 0.3 is 0 Å². The Morgan fingerprint density at radius 2 is 1.86 bits per heavy atom. The molecule has 0 atom stereocenters. The number of benzene rings is 3. The van der Waals surface area contributed by atoms with Crippen LogP contribution in [0.1, 0.15) is 12.5 Å². The number of rotatable bonds is 10. The summed E-state index contributed by atoms with van der Waals surface area (Å²) in [7, 11) is 1.58. The number of hydrogen-bond donors (Lipinski definition) is 1. The molecule has 36 heavy (non-hydrogen) atoms. The van der Waals surface area contributed by atoms with E-state index in [-0.39, 0.29) is 11.7 Å². The van der Waals surface area contributed by atoms with E-state index in [2.05, 4.69) is 36.7 Å². The van der Waals surface area contributed by atoms with E-state index >= 15 is 0 Å². The highest BCUT2D eigenvalue weighted by Crippen LogP contribution is 2.29. The minimum Gasteiger partial charge on any atom is -0.493 e. The first-order chi connectivity index (χ1) is 17.6. The van der Waals surface area contributed by atoms with Crippen LogP contribution in [0.4, 0.5) is 0 Å². The van der Waals surface area contributed by atoms with Crippen LogP contribution in [0, 0.1) is 0 Å². The summed E-state index contributed by atoms with van der Waals surface area (Å²) in [6.07, 6.45) is 1.55. The van der Waals surface area contributed by atoms with Crippen molar-refractivity contribution in [3.05, 3.63) is 82.8 Å². The molecule has 8 nitrogen and oxygen atoms in total. The van der Waals surface area contributed by atoms with Gasteiger partial charge in [0.25, 0.3) is 5.91 Å². The van der Waals surface area contributed by atoms with E-state index in [1.54, 1.807) is 25.5 Å². The number of amides is 1. The maximum Gasteiger partial charge on any atom is 0.250 e. The molecule has 0 bridgehead atoms. The van der Waals surface area contributed by atoms with Crippen molar-refractivity contribution in [1.29, 1.82) is 0 Å². The van der Waals surface area contributed by atoms with E-state index in [0.717, 1.165) is 21.3 Å². The van der Waals surface area contributed by atoms with E-state index in [1.807, 2.05) is 72.2 Å². The van der Waals surface area contributed by atoms with Gasteiger partial charge in [-0.25, -0.2) is 5.43 Å². The Hall–Kier alpha value is -3.63. The van der Waals surface area contributed by atoms with Gasteiger partial charge in [-0.05, 0) is 55.0 Å². The first kappa shape index (κ1) is 25.5. The SMILES string of the molecule is CCOc1ccc(/C=N\NC(=O)CSc2nnc(-c3ccccc3)n2-c2ccc(Br)cc2)cc1OC.